The van der Waals surface area contributed by atoms with Gasteiger partial charge in [0.05, 0.1) is 6.61 Å². The summed E-state index contributed by atoms with van der Waals surface area (Å²) in [6.45, 7) is 4.05. The van der Waals surface area contributed by atoms with E-state index in [9.17, 15) is 4.79 Å². The van der Waals surface area contributed by atoms with Crippen molar-refractivity contribution in [2.45, 2.75) is 6.42 Å². The molecule has 0 bridgehead atoms. The first-order chi connectivity index (χ1) is 7.63. The molecule has 1 N–H and O–H groups in total. The predicted molar refractivity (Wildman–Crippen MR) is 63.5 cm³/mol. The minimum Gasteiger partial charge on any atom is -0.449 e. The van der Waals surface area contributed by atoms with Crippen LogP contribution in [0.1, 0.15) is 6.42 Å². The van der Waals surface area contributed by atoms with Gasteiger partial charge in [-0.2, -0.15) is 0 Å². The molecule has 0 spiro atoms. The number of cyclic esters (lactones) is 1. The molecule has 1 saturated heterocycles. The third-order valence-corrected chi connectivity index (χ3v) is 2.71. The molecule has 1 unspecified atom stereocenters. The van der Waals surface area contributed by atoms with Crippen LogP contribution in [0.25, 0.3) is 0 Å². The highest BCUT2D eigenvalue weighted by Crippen LogP contribution is 2.11. The van der Waals surface area contributed by atoms with Gasteiger partial charge in [0.1, 0.15) is 0 Å². The van der Waals surface area contributed by atoms with Crippen LogP contribution >= 0.6 is 0 Å². The van der Waals surface area contributed by atoms with Gasteiger partial charge in [-0.3, -0.25) is 0 Å². The highest BCUT2D eigenvalue weighted by molar-refractivity contribution is 5.68. The van der Waals surface area contributed by atoms with Gasteiger partial charge >= 0.3 is 6.09 Å². The predicted octanol–water partition coefficient (Wildman–Crippen LogP) is 0.226. The maximum atomic E-state index is 11.5. The summed E-state index contributed by atoms with van der Waals surface area (Å²) in [5, 5.41) is 3.12. The first-order valence-electron chi connectivity index (χ1n) is 5.84. The molecule has 1 heterocycles. The standard InChI is InChI=1S/C11H23N3O2/c1-12-7-10-8-14(11(15)16-9-10)6-4-5-13(2)3/h10,12H,4-9H2,1-3H3. The van der Waals surface area contributed by atoms with Crippen LogP contribution in [0.3, 0.4) is 0 Å². The molecule has 5 nitrogen and oxygen atoms in total. The van der Waals surface area contributed by atoms with E-state index in [1.165, 1.54) is 0 Å². The van der Waals surface area contributed by atoms with Gasteiger partial charge in [0.2, 0.25) is 0 Å². The molecule has 0 aromatic carbocycles. The zero-order valence-electron chi connectivity index (χ0n) is 10.5. The molecular formula is C11H23N3O2. The van der Waals surface area contributed by atoms with Crippen LogP contribution < -0.4 is 5.32 Å². The van der Waals surface area contributed by atoms with Crippen molar-refractivity contribution < 1.29 is 9.53 Å². The van der Waals surface area contributed by atoms with Gasteiger partial charge < -0.3 is 19.9 Å². The van der Waals surface area contributed by atoms with Crippen LogP contribution in [0.4, 0.5) is 4.79 Å². The average Bonchev–Trinajstić information content (AvgIpc) is 2.22. The van der Waals surface area contributed by atoms with Gasteiger partial charge in [0, 0.05) is 25.6 Å². The van der Waals surface area contributed by atoms with Gasteiger partial charge in [-0.1, -0.05) is 0 Å². The molecule has 0 aromatic heterocycles. The summed E-state index contributed by atoms with van der Waals surface area (Å²) in [4.78, 5) is 15.4. The zero-order chi connectivity index (χ0) is 12.0. The van der Waals surface area contributed by atoms with Crippen LogP contribution in [-0.2, 0) is 4.74 Å². The Bertz CT molecular complexity index is 221. The summed E-state index contributed by atoms with van der Waals surface area (Å²) < 4.78 is 5.15. The number of rotatable bonds is 6. The van der Waals surface area contributed by atoms with Crippen LogP contribution in [0.15, 0.2) is 0 Å². The summed E-state index contributed by atoms with van der Waals surface area (Å²) >= 11 is 0. The molecule has 0 aliphatic carbocycles. The molecule has 1 rings (SSSR count). The number of nitrogens with zero attached hydrogens (tertiary/aromatic N) is 2. The maximum absolute atomic E-state index is 11.5. The maximum Gasteiger partial charge on any atom is 0.409 e. The SMILES string of the molecule is CNCC1COC(=O)N(CCCN(C)C)C1. The second-order valence-corrected chi connectivity index (χ2v) is 4.60. The number of hydrogen-bond donors (Lipinski definition) is 1. The van der Waals surface area contributed by atoms with Gasteiger partial charge in [-0.25, -0.2) is 4.79 Å². The van der Waals surface area contributed by atoms with Gasteiger partial charge in [-0.05, 0) is 34.1 Å². The minimum absolute atomic E-state index is 0.161. The first-order valence-corrected chi connectivity index (χ1v) is 5.84. The summed E-state index contributed by atoms with van der Waals surface area (Å²) in [5.41, 5.74) is 0. The Hall–Kier alpha value is -0.810. The molecule has 5 heteroatoms. The molecule has 1 amide bonds. The van der Waals surface area contributed by atoms with Crippen molar-refractivity contribution >= 4 is 6.09 Å². The van der Waals surface area contributed by atoms with E-state index in [0.29, 0.717) is 12.5 Å². The fraction of sp³-hybridized carbons (Fsp3) is 0.909. The zero-order valence-corrected chi connectivity index (χ0v) is 10.5. The second kappa shape index (κ2) is 6.70. The lowest BCUT2D eigenvalue weighted by atomic mass is 10.1. The molecular weight excluding hydrogens is 206 g/mol. The van der Waals surface area contributed by atoms with E-state index in [4.69, 9.17) is 4.74 Å². The van der Waals surface area contributed by atoms with Crippen molar-refractivity contribution in [2.24, 2.45) is 5.92 Å². The minimum atomic E-state index is -0.161. The summed E-state index contributed by atoms with van der Waals surface area (Å²) in [6, 6.07) is 0. The summed E-state index contributed by atoms with van der Waals surface area (Å²) in [5.74, 6) is 0.419. The normalized spacial score (nSPS) is 21.4. The number of nitrogens with one attached hydrogen (secondary N) is 1. The van der Waals surface area contributed by atoms with Crippen LogP contribution in [-0.4, -0.2) is 69.8 Å². The first kappa shape index (κ1) is 13.3. The van der Waals surface area contributed by atoms with E-state index < -0.39 is 0 Å². The number of hydrogen-bond acceptors (Lipinski definition) is 4. The summed E-state index contributed by atoms with van der Waals surface area (Å²) in [7, 11) is 6.00. The molecule has 1 aliphatic heterocycles. The lowest BCUT2D eigenvalue weighted by Gasteiger charge is -2.32. The Morgan fingerprint density at radius 2 is 2.31 bits per heavy atom. The highest BCUT2D eigenvalue weighted by Gasteiger charge is 2.25. The van der Waals surface area contributed by atoms with Crippen LogP contribution in [0.5, 0.6) is 0 Å². The van der Waals surface area contributed by atoms with Gasteiger partial charge in [-0.15, -0.1) is 0 Å². The smallest absolute Gasteiger partial charge is 0.409 e. The van der Waals surface area contributed by atoms with E-state index >= 15 is 0 Å². The molecule has 1 aliphatic rings. The van der Waals surface area contributed by atoms with Gasteiger partial charge in [0.25, 0.3) is 0 Å². The fourth-order valence-electron chi connectivity index (χ4n) is 1.89. The van der Waals surface area contributed by atoms with Crippen molar-refractivity contribution in [3.05, 3.63) is 0 Å². The van der Waals surface area contributed by atoms with Gasteiger partial charge in [0.15, 0.2) is 0 Å². The van der Waals surface area contributed by atoms with E-state index in [1.54, 1.807) is 0 Å². The Morgan fingerprint density at radius 3 is 2.94 bits per heavy atom. The fourth-order valence-corrected chi connectivity index (χ4v) is 1.89. The molecule has 94 valence electrons. The number of ether oxygens (including phenoxy) is 1. The molecule has 0 aromatic rings. The molecule has 1 fully saturated rings. The van der Waals surface area contributed by atoms with Crippen LogP contribution in [0, 0.1) is 5.92 Å². The molecule has 16 heavy (non-hydrogen) atoms. The lowest BCUT2D eigenvalue weighted by molar-refractivity contribution is 0.0427. The third kappa shape index (κ3) is 4.37. The monoisotopic (exact) mass is 229 g/mol. The molecule has 1 atom stereocenters. The largest absolute Gasteiger partial charge is 0.449 e. The quantitative estimate of drug-likeness (QED) is 0.708. The van der Waals surface area contributed by atoms with Crippen molar-refractivity contribution in [1.82, 2.24) is 15.1 Å². The van der Waals surface area contributed by atoms with E-state index in [2.05, 4.69) is 10.2 Å². The number of carbonyl (C=O) groups is 1. The molecule has 0 radical (unpaired) electrons. The Kier molecular flexibility index (Phi) is 5.55. The third-order valence-electron chi connectivity index (χ3n) is 2.71. The number of amides is 1. The Balaban J connectivity index is 2.29. The Labute approximate surface area is 97.7 Å². The van der Waals surface area contributed by atoms with E-state index in [-0.39, 0.29) is 6.09 Å². The number of carbonyl (C=O) groups excluding carboxylic acids is 1. The molecule has 0 saturated carbocycles. The lowest BCUT2D eigenvalue weighted by Crippen LogP contribution is -2.46. The van der Waals surface area contributed by atoms with Crippen molar-refractivity contribution in [2.75, 3.05) is 53.9 Å². The average molecular weight is 229 g/mol. The van der Waals surface area contributed by atoms with Crippen molar-refractivity contribution in [3.63, 3.8) is 0 Å². The summed E-state index contributed by atoms with van der Waals surface area (Å²) in [6.07, 6.45) is 0.833. The topological polar surface area (TPSA) is 44.8 Å². The second-order valence-electron chi connectivity index (χ2n) is 4.60. The van der Waals surface area contributed by atoms with Crippen molar-refractivity contribution in [3.8, 4) is 0 Å². The Morgan fingerprint density at radius 1 is 1.56 bits per heavy atom. The highest BCUT2D eigenvalue weighted by atomic mass is 16.6. The van der Waals surface area contributed by atoms with E-state index in [0.717, 1.165) is 32.6 Å². The van der Waals surface area contributed by atoms with Crippen LogP contribution in [0.2, 0.25) is 0 Å². The van der Waals surface area contributed by atoms with E-state index in [1.807, 2.05) is 26.0 Å². The van der Waals surface area contributed by atoms with Crippen molar-refractivity contribution in [1.29, 1.82) is 0 Å².